The van der Waals surface area contributed by atoms with Gasteiger partial charge in [-0.2, -0.15) is 13.2 Å². The topological polar surface area (TPSA) is 58.2 Å². The van der Waals surface area contributed by atoms with Crippen LogP contribution in [0.25, 0.3) is 0 Å². The number of alkyl halides is 3. The number of anilines is 1. The SMILES string of the molecule is O=C1CCC(C(=O)Nc2cc(Cl)cc(C(F)(F)F)c2)CN1. The highest BCUT2D eigenvalue weighted by Gasteiger charge is 2.31. The fraction of sp³-hybridized carbons (Fsp3) is 0.385. The Kier molecular flexibility index (Phi) is 4.41. The van der Waals surface area contributed by atoms with Gasteiger partial charge < -0.3 is 10.6 Å². The zero-order valence-corrected chi connectivity index (χ0v) is 11.5. The third-order valence-corrected chi connectivity index (χ3v) is 3.35. The number of nitrogens with one attached hydrogen (secondary N) is 2. The van der Waals surface area contributed by atoms with Gasteiger partial charge in [-0.05, 0) is 24.6 Å². The Morgan fingerprint density at radius 3 is 2.62 bits per heavy atom. The number of hydrogen-bond donors (Lipinski definition) is 2. The first-order chi connectivity index (χ1) is 9.75. The Hall–Kier alpha value is -1.76. The molecule has 1 atom stereocenters. The monoisotopic (exact) mass is 320 g/mol. The van der Waals surface area contributed by atoms with E-state index < -0.39 is 23.6 Å². The van der Waals surface area contributed by atoms with E-state index in [9.17, 15) is 22.8 Å². The van der Waals surface area contributed by atoms with Gasteiger partial charge in [0.1, 0.15) is 0 Å². The number of benzene rings is 1. The van der Waals surface area contributed by atoms with Crippen LogP contribution in [0.4, 0.5) is 18.9 Å². The standard InChI is InChI=1S/C13H12ClF3N2O2/c14-9-3-8(13(15,16)17)4-10(5-9)19-12(21)7-1-2-11(20)18-6-7/h3-5,7H,1-2,6H2,(H,18,20)(H,19,21). The second-order valence-corrected chi connectivity index (χ2v) is 5.19. The van der Waals surface area contributed by atoms with Crippen LogP contribution in [0.3, 0.4) is 0 Å². The van der Waals surface area contributed by atoms with Crippen molar-refractivity contribution in [1.29, 1.82) is 0 Å². The molecule has 0 aromatic heterocycles. The summed E-state index contributed by atoms with van der Waals surface area (Å²) >= 11 is 5.64. The van der Waals surface area contributed by atoms with Gasteiger partial charge in [0.05, 0.1) is 11.5 Å². The molecule has 1 aliphatic heterocycles. The first kappa shape index (κ1) is 15.6. The maximum absolute atomic E-state index is 12.7. The lowest BCUT2D eigenvalue weighted by Gasteiger charge is -2.21. The maximum atomic E-state index is 12.7. The van der Waals surface area contributed by atoms with E-state index >= 15 is 0 Å². The number of amides is 2. The first-order valence-corrected chi connectivity index (χ1v) is 6.59. The van der Waals surface area contributed by atoms with E-state index in [-0.39, 0.29) is 29.6 Å². The minimum atomic E-state index is -4.54. The largest absolute Gasteiger partial charge is 0.416 e. The van der Waals surface area contributed by atoms with E-state index in [1.165, 1.54) is 6.07 Å². The van der Waals surface area contributed by atoms with E-state index in [4.69, 9.17) is 11.6 Å². The van der Waals surface area contributed by atoms with Crippen LogP contribution in [0.5, 0.6) is 0 Å². The maximum Gasteiger partial charge on any atom is 0.416 e. The fourth-order valence-corrected chi connectivity index (χ4v) is 2.26. The number of rotatable bonds is 2. The zero-order valence-electron chi connectivity index (χ0n) is 10.8. The van der Waals surface area contributed by atoms with E-state index in [1.54, 1.807) is 0 Å². The third kappa shape index (κ3) is 4.10. The van der Waals surface area contributed by atoms with Gasteiger partial charge in [0.25, 0.3) is 0 Å². The minimum absolute atomic E-state index is 0.0169. The molecule has 0 saturated carbocycles. The quantitative estimate of drug-likeness (QED) is 0.880. The summed E-state index contributed by atoms with van der Waals surface area (Å²) in [5.41, 5.74) is -0.945. The lowest BCUT2D eigenvalue weighted by Crippen LogP contribution is -2.40. The minimum Gasteiger partial charge on any atom is -0.355 e. The summed E-state index contributed by atoms with van der Waals surface area (Å²) in [7, 11) is 0. The molecule has 0 radical (unpaired) electrons. The molecule has 1 heterocycles. The molecule has 1 unspecified atom stereocenters. The number of carbonyl (C=O) groups excluding carboxylic acids is 2. The summed E-state index contributed by atoms with van der Waals surface area (Å²) in [6.07, 6.45) is -3.95. The van der Waals surface area contributed by atoms with Crippen molar-refractivity contribution in [3.8, 4) is 0 Å². The average Bonchev–Trinajstić information content (AvgIpc) is 2.37. The predicted molar refractivity (Wildman–Crippen MR) is 70.8 cm³/mol. The molecule has 0 bridgehead atoms. The normalized spacial score (nSPS) is 19.0. The van der Waals surface area contributed by atoms with Gasteiger partial charge in [0.15, 0.2) is 0 Å². The molecule has 2 amide bonds. The molecule has 4 nitrogen and oxygen atoms in total. The smallest absolute Gasteiger partial charge is 0.355 e. The van der Waals surface area contributed by atoms with Crippen LogP contribution in [0.1, 0.15) is 18.4 Å². The van der Waals surface area contributed by atoms with Crippen LogP contribution in [0.15, 0.2) is 18.2 Å². The van der Waals surface area contributed by atoms with E-state index in [0.717, 1.165) is 12.1 Å². The van der Waals surface area contributed by atoms with Gasteiger partial charge in [0.2, 0.25) is 11.8 Å². The van der Waals surface area contributed by atoms with Crippen molar-refractivity contribution < 1.29 is 22.8 Å². The highest BCUT2D eigenvalue weighted by molar-refractivity contribution is 6.31. The van der Waals surface area contributed by atoms with Crippen molar-refractivity contribution >= 4 is 29.1 Å². The second kappa shape index (κ2) is 5.93. The molecule has 114 valence electrons. The second-order valence-electron chi connectivity index (χ2n) is 4.76. The predicted octanol–water partition coefficient (Wildman–Crippen LogP) is 2.82. The molecule has 2 rings (SSSR count). The highest BCUT2D eigenvalue weighted by atomic mass is 35.5. The molecule has 1 aromatic rings. The molecule has 2 N–H and O–H groups in total. The van der Waals surface area contributed by atoms with Crippen molar-refractivity contribution in [2.75, 3.05) is 11.9 Å². The Morgan fingerprint density at radius 2 is 2.05 bits per heavy atom. The summed E-state index contributed by atoms with van der Waals surface area (Å²) in [6, 6.07) is 2.86. The highest BCUT2D eigenvalue weighted by Crippen LogP contribution is 2.33. The Balaban J connectivity index is 2.10. The van der Waals surface area contributed by atoms with E-state index in [1.807, 2.05) is 0 Å². The molecular formula is C13H12ClF3N2O2. The number of carbonyl (C=O) groups is 2. The average molecular weight is 321 g/mol. The number of hydrogen-bond acceptors (Lipinski definition) is 2. The van der Waals surface area contributed by atoms with Gasteiger partial charge in [0, 0.05) is 23.7 Å². The Labute approximate surface area is 123 Å². The molecule has 8 heteroatoms. The van der Waals surface area contributed by atoms with Crippen molar-refractivity contribution in [3.05, 3.63) is 28.8 Å². The summed E-state index contributed by atoms with van der Waals surface area (Å²) in [6.45, 7) is 0.178. The zero-order chi connectivity index (χ0) is 15.6. The summed E-state index contributed by atoms with van der Waals surface area (Å²) in [5.74, 6) is -1.04. The lowest BCUT2D eigenvalue weighted by molar-refractivity contribution is -0.137. The van der Waals surface area contributed by atoms with Crippen LogP contribution in [-0.4, -0.2) is 18.4 Å². The van der Waals surface area contributed by atoms with E-state index in [0.29, 0.717) is 6.42 Å². The molecule has 1 fully saturated rings. The number of piperidine rings is 1. The van der Waals surface area contributed by atoms with Crippen molar-refractivity contribution in [2.24, 2.45) is 5.92 Å². The molecule has 21 heavy (non-hydrogen) atoms. The van der Waals surface area contributed by atoms with Gasteiger partial charge in [-0.1, -0.05) is 11.6 Å². The number of halogens is 4. The van der Waals surface area contributed by atoms with Crippen molar-refractivity contribution in [2.45, 2.75) is 19.0 Å². The first-order valence-electron chi connectivity index (χ1n) is 6.21. The van der Waals surface area contributed by atoms with Crippen molar-refractivity contribution in [1.82, 2.24) is 5.32 Å². The third-order valence-electron chi connectivity index (χ3n) is 3.13. The molecule has 0 spiro atoms. The van der Waals surface area contributed by atoms with Crippen LogP contribution >= 0.6 is 11.6 Å². The van der Waals surface area contributed by atoms with Gasteiger partial charge in [-0.15, -0.1) is 0 Å². The van der Waals surface area contributed by atoms with Crippen molar-refractivity contribution in [3.63, 3.8) is 0 Å². The molecule has 0 aliphatic carbocycles. The fourth-order valence-electron chi connectivity index (χ4n) is 2.03. The van der Waals surface area contributed by atoms with Gasteiger partial charge in [-0.25, -0.2) is 0 Å². The van der Waals surface area contributed by atoms with Crippen LogP contribution < -0.4 is 10.6 Å². The van der Waals surface area contributed by atoms with Crippen LogP contribution in [-0.2, 0) is 15.8 Å². The summed E-state index contributed by atoms with van der Waals surface area (Å²) < 4.78 is 38.0. The molecule has 1 aliphatic rings. The Morgan fingerprint density at radius 1 is 1.33 bits per heavy atom. The molecular weight excluding hydrogens is 309 g/mol. The lowest BCUT2D eigenvalue weighted by atomic mass is 9.98. The Bertz CT molecular complexity index is 565. The van der Waals surface area contributed by atoms with Crippen LogP contribution in [0.2, 0.25) is 5.02 Å². The van der Waals surface area contributed by atoms with Gasteiger partial charge in [-0.3, -0.25) is 9.59 Å². The van der Waals surface area contributed by atoms with Crippen LogP contribution in [0, 0.1) is 5.92 Å². The van der Waals surface area contributed by atoms with Gasteiger partial charge >= 0.3 is 6.18 Å². The molecule has 1 aromatic carbocycles. The molecule has 1 saturated heterocycles. The van der Waals surface area contributed by atoms with E-state index in [2.05, 4.69) is 10.6 Å². The summed E-state index contributed by atoms with van der Waals surface area (Å²) in [4.78, 5) is 23.0. The summed E-state index contributed by atoms with van der Waals surface area (Å²) in [5, 5.41) is 4.83.